The molecule has 2 saturated heterocycles. The highest BCUT2D eigenvalue weighted by molar-refractivity contribution is 7.20. The summed E-state index contributed by atoms with van der Waals surface area (Å²) in [5.41, 5.74) is 2.09. The van der Waals surface area contributed by atoms with Gasteiger partial charge in [0.2, 0.25) is 16.0 Å². The molecule has 42 heavy (non-hydrogen) atoms. The van der Waals surface area contributed by atoms with Crippen LogP contribution in [0.4, 0.5) is 20.5 Å². The predicted molar refractivity (Wildman–Crippen MR) is 161 cm³/mol. The Labute approximate surface area is 251 Å². The van der Waals surface area contributed by atoms with E-state index < -0.39 is 6.10 Å². The van der Waals surface area contributed by atoms with E-state index in [9.17, 15) is 19.6 Å². The number of halogens is 1. The van der Waals surface area contributed by atoms with Gasteiger partial charge in [0.05, 0.1) is 18.3 Å². The first-order valence-corrected chi connectivity index (χ1v) is 15.7. The summed E-state index contributed by atoms with van der Waals surface area (Å²) in [6, 6.07) is 8.46. The lowest BCUT2D eigenvalue weighted by Crippen LogP contribution is -2.56. The Morgan fingerprint density at radius 2 is 1.95 bits per heavy atom. The highest BCUT2D eigenvalue weighted by Crippen LogP contribution is 2.38. The molecule has 0 bridgehead atoms. The van der Waals surface area contributed by atoms with Crippen molar-refractivity contribution in [3.05, 3.63) is 40.7 Å². The zero-order chi connectivity index (χ0) is 29.5. The number of anilines is 3. The summed E-state index contributed by atoms with van der Waals surface area (Å²) in [5.74, 6) is 0.524. The van der Waals surface area contributed by atoms with E-state index >= 15 is 0 Å². The number of nitriles is 1. The van der Waals surface area contributed by atoms with Crippen molar-refractivity contribution in [3.8, 4) is 17.3 Å². The molecule has 220 valence electrons. The molecule has 0 radical (unpaired) electrons. The van der Waals surface area contributed by atoms with Crippen molar-refractivity contribution in [2.75, 3.05) is 56.1 Å². The van der Waals surface area contributed by atoms with E-state index in [1.54, 1.807) is 17.0 Å². The largest absolute Gasteiger partial charge is 0.389 e. The third-order valence-corrected chi connectivity index (χ3v) is 9.93. The summed E-state index contributed by atoms with van der Waals surface area (Å²) < 4.78 is 15.4. The lowest BCUT2D eigenvalue weighted by molar-refractivity contribution is -0.142. The van der Waals surface area contributed by atoms with E-state index in [2.05, 4.69) is 22.8 Å². The maximum atomic E-state index is 13.5. The SMILES string of the molecule is CCc1nc2sc(N3CCC(N(CC)CC(=O)N4CC(O)C4)C3)nn2c1N(C)c1nc(-c2ccc(F)cc2)c(C#N)s1. The Hall–Kier alpha value is -3.64. The van der Waals surface area contributed by atoms with Gasteiger partial charge in [-0.05, 0) is 43.7 Å². The lowest BCUT2D eigenvalue weighted by atomic mass is 10.1. The van der Waals surface area contributed by atoms with Gasteiger partial charge in [-0.15, -0.1) is 5.10 Å². The van der Waals surface area contributed by atoms with Gasteiger partial charge in [0, 0.05) is 44.8 Å². The topological polar surface area (TPSA) is 117 Å². The number of benzene rings is 1. The number of aryl methyl sites for hydroxylation is 1. The third kappa shape index (κ3) is 5.22. The molecule has 1 atom stereocenters. The molecule has 1 amide bonds. The van der Waals surface area contributed by atoms with Crippen molar-refractivity contribution in [1.82, 2.24) is 29.4 Å². The smallest absolute Gasteiger partial charge is 0.236 e. The van der Waals surface area contributed by atoms with Crippen LogP contribution in [0.3, 0.4) is 0 Å². The average Bonchev–Trinajstić information content (AvgIpc) is 3.76. The number of likely N-dealkylation sites (N-methyl/N-ethyl adjacent to an activating group) is 1. The van der Waals surface area contributed by atoms with Crippen LogP contribution in [0.15, 0.2) is 24.3 Å². The Morgan fingerprint density at radius 3 is 2.62 bits per heavy atom. The molecule has 2 fully saturated rings. The summed E-state index contributed by atoms with van der Waals surface area (Å²) in [6.07, 6.45) is 1.24. The van der Waals surface area contributed by atoms with Crippen molar-refractivity contribution in [2.45, 2.75) is 38.8 Å². The number of carbonyl (C=O) groups excluding carboxylic acids is 1. The molecule has 14 heteroatoms. The average molecular weight is 610 g/mol. The minimum Gasteiger partial charge on any atom is -0.389 e. The van der Waals surface area contributed by atoms with Crippen molar-refractivity contribution in [3.63, 3.8) is 0 Å². The van der Waals surface area contributed by atoms with E-state index in [4.69, 9.17) is 15.1 Å². The zero-order valence-electron chi connectivity index (χ0n) is 23.7. The minimum absolute atomic E-state index is 0.0671. The molecule has 2 aliphatic heterocycles. The Morgan fingerprint density at radius 1 is 1.19 bits per heavy atom. The first-order valence-electron chi connectivity index (χ1n) is 14.0. The number of carbonyl (C=O) groups is 1. The number of aromatic nitrogens is 4. The molecule has 0 spiro atoms. The van der Waals surface area contributed by atoms with E-state index in [-0.39, 0.29) is 17.8 Å². The number of aliphatic hydroxyl groups excluding tert-OH is 1. The second-order valence-electron chi connectivity index (χ2n) is 10.6. The van der Waals surface area contributed by atoms with Crippen LogP contribution in [0.1, 0.15) is 30.8 Å². The standard InChI is InChI=1S/C28H32FN9O2S2/c1-4-21-25(34(3)26-32-24(22(12-30)41-26)17-6-8-18(29)9-7-17)38-27(31-21)42-28(33-38)36-11-10-19(13-36)35(5-2)16-23(40)37-14-20(39)15-37/h6-9,19-20,39H,4-5,10-11,13-16H2,1-3H3. The quantitative estimate of drug-likeness (QED) is 0.305. The van der Waals surface area contributed by atoms with Gasteiger partial charge in [0.1, 0.15) is 22.5 Å². The highest BCUT2D eigenvalue weighted by atomic mass is 32.1. The number of nitrogens with zero attached hydrogens (tertiary/aromatic N) is 9. The molecule has 5 heterocycles. The maximum Gasteiger partial charge on any atom is 0.236 e. The Balaban J connectivity index is 1.23. The number of amides is 1. The van der Waals surface area contributed by atoms with Gasteiger partial charge in [-0.3, -0.25) is 9.69 Å². The van der Waals surface area contributed by atoms with Crippen LogP contribution in [0.25, 0.3) is 16.2 Å². The Bertz CT molecular complexity index is 1640. The van der Waals surface area contributed by atoms with Crippen LogP contribution in [0, 0.1) is 17.1 Å². The van der Waals surface area contributed by atoms with Crippen LogP contribution in [0.5, 0.6) is 0 Å². The van der Waals surface area contributed by atoms with E-state index in [1.807, 2.05) is 23.4 Å². The molecule has 2 aliphatic rings. The van der Waals surface area contributed by atoms with Crippen LogP contribution in [0.2, 0.25) is 0 Å². The molecule has 6 rings (SSSR count). The predicted octanol–water partition coefficient (Wildman–Crippen LogP) is 3.36. The van der Waals surface area contributed by atoms with Crippen molar-refractivity contribution >= 4 is 49.6 Å². The number of imidazole rings is 1. The fourth-order valence-electron chi connectivity index (χ4n) is 5.54. The first-order chi connectivity index (χ1) is 20.3. The van der Waals surface area contributed by atoms with Gasteiger partial charge in [-0.25, -0.2) is 14.4 Å². The van der Waals surface area contributed by atoms with Gasteiger partial charge in [0.15, 0.2) is 10.9 Å². The highest BCUT2D eigenvalue weighted by Gasteiger charge is 2.34. The molecule has 11 nitrogen and oxygen atoms in total. The van der Waals surface area contributed by atoms with Crippen molar-refractivity contribution in [1.29, 1.82) is 5.26 Å². The molecular formula is C28H32FN9O2S2. The number of aliphatic hydroxyl groups is 1. The van der Waals surface area contributed by atoms with Gasteiger partial charge in [0.25, 0.3) is 0 Å². The zero-order valence-corrected chi connectivity index (χ0v) is 25.3. The van der Waals surface area contributed by atoms with Gasteiger partial charge in [-0.1, -0.05) is 36.5 Å². The second-order valence-corrected chi connectivity index (χ2v) is 12.5. The third-order valence-electron chi connectivity index (χ3n) is 7.92. The molecule has 3 aromatic heterocycles. The number of hydrogen-bond acceptors (Lipinski definition) is 11. The van der Waals surface area contributed by atoms with Crippen molar-refractivity contribution < 1.29 is 14.3 Å². The number of thiazole rings is 1. The number of fused-ring (bicyclic) bond motifs is 1. The summed E-state index contributed by atoms with van der Waals surface area (Å²) in [7, 11) is 1.90. The molecule has 1 N–H and O–H groups in total. The molecular weight excluding hydrogens is 578 g/mol. The number of rotatable bonds is 9. The maximum absolute atomic E-state index is 13.5. The summed E-state index contributed by atoms with van der Waals surface area (Å²) in [6.45, 7) is 7.70. The molecule has 0 saturated carbocycles. The summed E-state index contributed by atoms with van der Waals surface area (Å²) in [4.78, 5) is 31.6. The van der Waals surface area contributed by atoms with Gasteiger partial charge < -0.3 is 19.8 Å². The van der Waals surface area contributed by atoms with Gasteiger partial charge >= 0.3 is 0 Å². The molecule has 1 unspecified atom stereocenters. The lowest BCUT2D eigenvalue weighted by Gasteiger charge is -2.38. The van der Waals surface area contributed by atoms with Crippen molar-refractivity contribution in [2.24, 2.45) is 0 Å². The van der Waals surface area contributed by atoms with Gasteiger partial charge in [-0.2, -0.15) is 9.78 Å². The van der Waals surface area contributed by atoms with Crippen LogP contribution < -0.4 is 9.80 Å². The molecule has 4 aromatic rings. The number of β-amino-alcohol motifs (C(OH)–C–C–N with tert-alkyl or cyclic N) is 1. The van der Waals surface area contributed by atoms with Crippen LogP contribution >= 0.6 is 22.7 Å². The minimum atomic E-state index is -0.396. The first kappa shape index (κ1) is 28.5. The normalized spacial score (nSPS) is 17.3. The number of hydrogen-bond donors (Lipinski definition) is 1. The second kappa shape index (κ2) is 11.6. The summed E-state index contributed by atoms with van der Waals surface area (Å²) >= 11 is 2.81. The van der Waals surface area contributed by atoms with E-state index in [0.717, 1.165) is 47.7 Å². The van der Waals surface area contributed by atoms with Crippen LogP contribution in [-0.4, -0.2) is 98.9 Å². The fourth-order valence-corrected chi connectivity index (χ4v) is 7.34. The summed E-state index contributed by atoms with van der Waals surface area (Å²) in [5, 5.41) is 25.8. The van der Waals surface area contributed by atoms with E-state index in [0.29, 0.717) is 47.3 Å². The van der Waals surface area contributed by atoms with Crippen LogP contribution in [-0.2, 0) is 11.2 Å². The fraction of sp³-hybridized carbons (Fsp3) is 0.464. The number of likely N-dealkylation sites (tertiary alicyclic amines) is 1. The molecule has 1 aromatic carbocycles. The van der Waals surface area contributed by atoms with E-state index in [1.165, 1.54) is 34.8 Å². The Kier molecular flexibility index (Phi) is 7.84. The monoisotopic (exact) mass is 609 g/mol. The molecule has 0 aliphatic carbocycles.